The van der Waals surface area contributed by atoms with Crippen molar-refractivity contribution in [1.82, 2.24) is 4.98 Å². The molecule has 0 saturated carbocycles. The first-order valence-corrected chi connectivity index (χ1v) is 12.1. The van der Waals surface area contributed by atoms with E-state index in [9.17, 15) is 0 Å². The summed E-state index contributed by atoms with van der Waals surface area (Å²) >= 11 is 0. The van der Waals surface area contributed by atoms with Crippen LogP contribution in [0.25, 0.3) is 33.3 Å². The molecule has 0 amide bonds. The summed E-state index contributed by atoms with van der Waals surface area (Å²) in [5.41, 5.74) is 8.27. The Hall–Kier alpha value is -2.68. The van der Waals surface area contributed by atoms with Gasteiger partial charge in [-0.2, -0.15) is 0 Å². The van der Waals surface area contributed by atoms with Gasteiger partial charge in [0.05, 0.1) is 5.56 Å². The quantitative estimate of drug-likeness (QED) is 0.310. The lowest BCUT2D eigenvalue weighted by Crippen LogP contribution is -2.36. The van der Waals surface area contributed by atoms with Gasteiger partial charge in [-0.05, 0) is 77.3 Å². The Balaban J connectivity index is 1.99. The molecule has 3 heterocycles. The highest BCUT2D eigenvalue weighted by atomic mass is 16.3. The summed E-state index contributed by atoms with van der Waals surface area (Å²) in [6.45, 7) is 15.5. The van der Waals surface area contributed by atoms with Crippen LogP contribution in [0.4, 0.5) is 0 Å². The van der Waals surface area contributed by atoms with E-state index in [0.29, 0.717) is 11.3 Å². The highest BCUT2D eigenvalue weighted by Crippen LogP contribution is 2.54. The van der Waals surface area contributed by atoms with Gasteiger partial charge in [0.2, 0.25) is 11.4 Å². The molecular formula is C30H37N2O+. The van der Waals surface area contributed by atoms with Gasteiger partial charge in [0, 0.05) is 31.8 Å². The smallest absolute Gasteiger partial charge is 0.227 e. The van der Waals surface area contributed by atoms with Crippen LogP contribution in [0.3, 0.4) is 0 Å². The Bertz CT molecular complexity index is 1480. The third kappa shape index (κ3) is 3.39. The van der Waals surface area contributed by atoms with E-state index in [1.807, 2.05) is 45.3 Å². The van der Waals surface area contributed by atoms with Gasteiger partial charge in [-0.15, -0.1) is 0 Å². The molecular weight excluding hydrogens is 404 g/mol. The van der Waals surface area contributed by atoms with E-state index in [4.69, 9.17) is 7.16 Å². The Morgan fingerprint density at radius 1 is 1.12 bits per heavy atom. The van der Waals surface area contributed by atoms with Gasteiger partial charge in [-0.25, -0.2) is 9.55 Å². The summed E-state index contributed by atoms with van der Waals surface area (Å²) in [4.78, 5) is 4.58. The maximum Gasteiger partial charge on any atom is 0.227 e. The molecule has 0 N–H and O–H groups in total. The number of benzene rings is 1. The molecule has 0 radical (unpaired) electrons. The van der Waals surface area contributed by atoms with E-state index in [1.54, 1.807) is 6.20 Å². The lowest BCUT2D eigenvalue weighted by Gasteiger charge is -2.43. The van der Waals surface area contributed by atoms with Gasteiger partial charge in [0.1, 0.15) is 7.05 Å². The van der Waals surface area contributed by atoms with Crippen molar-refractivity contribution in [3.05, 3.63) is 58.9 Å². The van der Waals surface area contributed by atoms with Crippen LogP contribution in [0, 0.1) is 12.8 Å². The fourth-order valence-electron chi connectivity index (χ4n) is 5.91. The van der Waals surface area contributed by atoms with Gasteiger partial charge in [0.15, 0.2) is 11.8 Å². The van der Waals surface area contributed by atoms with Gasteiger partial charge in [0.25, 0.3) is 0 Å². The second-order valence-electron chi connectivity index (χ2n) is 11.4. The normalized spacial score (nSPS) is 18.5. The van der Waals surface area contributed by atoms with Crippen LogP contribution in [-0.2, 0) is 24.3 Å². The summed E-state index contributed by atoms with van der Waals surface area (Å²) in [7, 11) is 2.03. The van der Waals surface area contributed by atoms with Gasteiger partial charge in [-0.3, -0.25) is 0 Å². The molecule has 172 valence electrons. The van der Waals surface area contributed by atoms with Crippen molar-refractivity contribution >= 4 is 22.1 Å². The minimum Gasteiger partial charge on any atom is -0.437 e. The monoisotopic (exact) mass is 443 g/mol. The van der Waals surface area contributed by atoms with Crippen LogP contribution in [0.1, 0.15) is 79.4 Å². The number of hydrogen-bond donors (Lipinski definition) is 0. The Morgan fingerprint density at radius 3 is 2.52 bits per heavy atom. The van der Waals surface area contributed by atoms with Crippen LogP contribution < -0.4 is 4.57 Å². The molecule has 0 saturated heterocycles. The van der Waals surface area contributed by atoms with Crippen LogP contribution in [-0.4, -0.2) is 4.98 Å². The van der Waals surface area contributed by atoms with E-state index in [-0.39, 0.29) is 16.7 Å². The van der Waals surface area contributed by atoms with Crippen molar-refractivity contribution in [3.63, 3.8) is 0 Å². The zero-order valence-corrected chi connectivity index (χ0v) is 21.3. The number of pyridine rings is 2. The van der Waals surface area contributed by atoms with Crippen LogP contribution >= 0.6 is 0 Å². The number of rotatable bonds is 3. The van der Waals surface area contributed by atoms with E-state index in [2.05, 4.69) is 50.2 Å². The first kappa shape index (κ1) is 19.8. The number of nitrogens with zero attached hydrogens (tertiary/aromatic N) is 2. The summed E-state index contributed by atoms with van der Waals surface area (Å²) in [5, 5.41) is 2.22. The minimum atomic E-state index is -1.43. The number of aromatic nitrogens is 2. The molecule has 0 fully saturated rings. The number of furan rings is 1. The van der Waals surface area contributed by atoms with Gasteiger partial charge >= 0.3 is 0 Å². The minimum absolute atomic E-state index is 0.0121. The van der Waals surface area contributed by atoms with Gasteiger partial charge in [-0.1, -0.05) is 41.5 Å². The number of fused-ring (bicyclic) bond motifs is 5. The van der Waals surface area contributed by atoms with E-state index < -0.39 is 6.37 Å². The van der Waals surface area contributed by atoms with E-state index >= 15 is 0 Å². The third-order valence-corrected chi connectivity index (χ3v) is 7.53. The summed E-state index contributed by atoms with van der Waals surface area (Å²) in [6, 6.07) is 8.04. The standard InChI is InChI=1S/C30H37N2O/c1-18(2)16-20-11-15-32(8)22(17-20)23-19(3)25-26(30(6,7)13-12-29(25,4)5)24-21-10-9-14-31-28(21)33-27(23)24/h9-11,14-15,17-18H,12-13,16H2,1-8H3/q+1/i16D2. The molecule has 1 aliphatic rings. The maximum atomic E-state index is 8.75. The van der Waals surface area contributed by atoms with Crippen molar-refractivity contribution in [3.8, 4) is 11.3 Å². The highest BCUT2D eigenvalue weighted by Gasteiger charge is 2.42. The van der Waals surface area contributed by atoms with Crippen molar-refractivity contribution < 1.29 is 11.7 Å². The Kier molecular flexibility index (Phi) is 4.44. The molecule has 0 bridgehead atoms. The fraction of sp³-hybridized carbons (Fsp3) is 0.467. The Morgan fingerprint density at radius 2 is 1.82 bits per heavy atom. The predicted molar refractivity (Wildman–Crippen MR) is 137 cm³/mol. The number of hydrogen-bond acceptors (Lipinski definition) is 2. The SMILES string of the molecule is [2H]C([2H])(c1cc[n+](C)c(-c2c(C)c3c(c4c2oc2ncccc24)C(C)(C)CCC3(C)C)c1)C(C)C. The second-order valence-corrected chi connectivity index (χ2v) is 11.4. The first-order chi connectivity index (χ1) is 16.3. The van der Waals surface area contributed by atoms with Crippen molar-refractivity contribution in [2.75, 3.05) is 0 Å². The molecule has 33 heavy (non-hydrogen) atoms. The molecule has 4 aromatic rings. The molecule has 5 rings (SSSR count). The Labute approximate surface area is 200 Å². The zero-order valence-electron chi connectivity index (χ0n) is 23.3. The fourth-order valence-corrected chi connectivity index (χ4v) is 5.91. The molecule has 3 nitrogen and oxygen atoms in total. The first-order valence-electron chi connectivity index (χ1n) is 13.1. The largest absolute Gasteiger partial charge is 0.437 e. The molecule has 0 spiro atoms. The molecule has 0 aliphatic heterocycles. The molecule has 3 heteroatoms. The average molecular weight is 444 g/mol. The van der Waals surface area contributed by atoms with Crippen LogP contribution in [0.5, 0.6) is 0 Å². The van der Waals surface area contributed by atoms with Crippen LogP contribution in [0.2, 0.25) is 0 Å². The van der Waals surface area contributed by atoms with Crippen molar-refractivity contribution in [2.45, 2.75) is 78.5 Å². The van der Waals surface area contributed by atoms with Crippen molar-refractivity contribution in [1.29, 1.82) is 0 Å². The van der Waals surface area contributed by atoms with Gasteiger partial charge < -0.3 is 4.42 Å². The summed E-state index contributed by atoms with van der Waals surface area (Å²) in [6.07, 6.45) is 4.57. The second kappa shape index (κ2) is 7.41. The highest BCUT2D eigenvalue weighted by molar-refractivity contribution is 6.12. The number of aryl methyl sites for hydroxylation is 1. The van der Waals surface area contributed by atoms with E-state index in [0.717, 1.165) is 35.1 Å². The van der Waals surface area contributed by atoms with Crippen LogP contribution in [0.15, 0.2) is 41.1 Å². The summed E-state index contributed by atoms with van der Waals surface area (Å²) in [5.74, 6) is -0.136. The molecule has 1 aliphatic carbocycles. The molecule has 0 unspecified atom stereocenters. The molecule has 3 aromatic heterocycles. The van der Waals surface area contributed by atoms with Crippen molar-refractivity contribution in [2.24, 2.45) is 13.0 Å². The zero-order chi connectivity index (χ0) is 25.5. The maximum absolute atomic E-state index is 8.75. The molecule has 1 aromatic carbocycles. The summed E-state index contributed by atoms with van der Waals surface area (Å²) < 4.78 is 26.1. The predicted octanol–water partition coefficient (Wildman–Crippen LogP) is 7.33. The lowest BCUT2D eigenvalue weighted by molar-refractivity contribution is -0.660. The third-order valence-electron chi connectivity index (χ3n) is 7.53. The lowest BCUT2D eigenvalue weighted by atomic mass is 9.60. The molecule has 0 atom stereocenters. The van der Waals surface area contributed by atoms with E-state index in [1.165, 1.54) is 22.1 Å². The average Bonchev–Trinajstić information content (AvgIpc) is 3.15. The topological polar surface area (TPSA) is 29.9 Å².